The first-order valence-electron chi connectivity index (χ1n) is 6.26. The Bertz CT molecular complexity index is 774. The van der Waals surface area contributed by atoms with Gasteiger partial charge in [-0.05, 0) is 23.8 Å². The Morgan fingerprint density at radius 3 is 2.77 bits per heavy atom. The van der Waals surface area contributed by atoms with Crippen LogP contribution in [0, 0.1) is 27.3 Å². The Morgan fingerprint density at radius 1 is 1.41 bits per heavy atom. The summed E-state index contributed by atoms with van der Waals surface area (Å²) < 4.78 is 13.6. The fourth-order valence-electron chi connectivity index (χ4n) is 2.08. The number of hydrogen-bond donors (Lipinski definition) is 0. The highest BCUT2D eigenvalue weighted by atomic mass is 35.5. The lowest BCUT2D eigenvalue weighted by Gasteiger charge is -2.21. The van der Waals surface area contributed by atoms with Gasteiger partial charge in [-0.3, -0.25) is 10.1 Å². The molecule has 0 atom stereocenters. The van der Waals surface area contributed by atoms with Crippen molar-refractivity contribution in [3.63, 3.8) is 0 Å². The molecular formula is C15H11ClFN3O2. The van der Waals surface area contributed by atoms with E-state index in [1.54, 1.807) is 18.0 Å². The smallest absolute Gasteiger partial charge is 0.269 e. The molecule has 0 heterocycles. The molecule has 0 fully saturated rings. The maximum atomic E-state index is 13.6. The highest BCUT2D eigenvalue weighted by molar-refractivity contribution is 6.31. The summed E-state index contributed by atoms with van der Waals surface area (Å²) in [6.45, 7) is 0.207. The first-order valence-corrected chi connectivity index (χ1v) is 6.64. The number of anilines is 1. The van der Waals surface area contributed by atoms with Crippen molar-refractivity contribution in [1.29, 1.82) is 5.26 Å². The number of nitro benzene ring substituents is 1. The second-order valence-corrected chi connectivity index (χ2v) is 5.04. The van der Waals surface area contributed by atoms with Crippen molar-refractivity contribution in [3.8, 4) is 6.07 Å². The number of halogens is 2. The topological polar surface area (TPSA) is 70.2 Å². The predicted molar refractivity (Wildman–Crippen MR) is 81.3 cm³/mol. The van der Waals surface area contributed by atoms with E-state index in [9.17, 15) is 14.5 Å². The number of benzene rings is 2. The predicted octanol–water partition coefficient (Wildman–Crippen LogP) is 3.90. The zero-order valence-corrected chi connectivity index (χ0v) is 12.3. The van der Waals surface area contributed by atoms with Gasteiger partial charge >= 0.3 is 0 Å². The number of nitriles is 1. The van der Waals surface area contributed by atoms with E-state index in [-0.39, 0.29) is 17.8 Å². The van der Waals surface area contributed by atoms with Crippen LogP contribution >= 0.6 is 11.6 Å². The molecule has 2 aromatic rings. The zero-order chi connectivity index (χ0) is 16.3. The van der Waals surface area contributed by atoms with Gasteiger partial charge in [0.1, 0.15) is 17.4 Å². The molecule has 112 valence electrons. The SMILES string of the molecule is CN(Cc1cc([N+](=O)[O-])ccc1Cl)c1cccc(F)c1C#N. The minimum absolute atomic E-state index is 0.0763. The van der Waals surface area contributed by atoms with Crippen molar-refractivity contribution < 1.29 is 9.31 Å². The molecule has 0 unspecified atom stereocenters. The molecule has 0 aromatic heterocycles. The first-order chi connectivity index (χ1) is 10.4. The van der Waals surface area contributed by atoms with Gasteiger partial charge in [-0.15, -0.1) is 0 Å². The monoisotopic (exact) mass is 319 g/mol. The normalized spacial score (nSPS) is 10.1. The first kappa shape index (κ1) is 15.7. The third-order valence-corrected chi connectivity index (χ3v) is 3.53. The average Bonchev–Trinajstić information content (AvgIpc) is 2.48. The molecule has 0 aliphatic rings. The molecule has 7 heteroatoms. The fraction of sp³-hybridized carbons (Fsp3) is 0.133. The van der Waals surface area contributed by atoms with Crippen molar-refractivity contribution in [2.45, 2.75) is 6.54 Å². The molecule has 0 spiro atoms. The highest BCUT2D eigenvalue weighted by Gasteiger charge is 2.15. The highest BCUT2D eigenvalue weighted by Crippen LogP contribution is 2.27. The Morgan fingerprint density at radius 2 is 2.14 bits per heavy atom. The lowest BCUT2D eigenvalue weighted by atomic mass is 10.1. The van der Waals surface area contributed by atoms with Gasteiger partial charge in [-0.25, -0.2) is 4.39 Å². The summed E-state index contributed by atoms with van der Waals surface area (Å²) in [4.78, 5) is 11.9. The van der Waals surface area contributed by atoms with Crippen LogP contribution in [0.4, 0.5) is 15.8 Å². The van der Waals surface area contributed by atoms with Crippen LogP contribution in [0.1, 0.15) is 11.1 Å². The van der Waals surface area contributed by atoms with Crippen LogP contribution in [0.2, 0.25) is 5.02 Å². The molecule has 2 aromatic carbocycles. The van der Waals surface area contributed by atoms with Gasteiger partial charge < -0.3 is 4.90 Å². The molecule has 22 heavy (non-hydrogen) atoms. The Labute approximate surface area is 131 Å². The number of rotatable bonds is 4. The summed E-state index contributed by atoms with van der Waals surface area (Å²) in [6, 6.07) is 10.2. The van der Waals surface area contributed by atoms with Crippen molar-refractivity contribution in [1.82, 2.24) is 0 Å². The van der Waals surface area contributed by atoms with Crippen molar-refractivity contribution in [2.75, 3.05) is 11.9 Å². The summed E-state index contributed by atoms with van der Waals surface area (Å²) >= 11 is 6.05. The van der Waals surface area contributed by atoms with E-state index >= 15 is 0 Å². The van der Waals surface area contributed by atoms with Crippen LogP contribution in [-0.4, -0.2) is 12.0 Å². The standard InChI is InChI=1S/C15H11ClFN3O2/c1-19(15-4-2-3-14(17)12(15)8-18)9-10-7-11(20(21)22)5-6-13(10)16/h2-7H,9H2,1H3. The molecule has 0 aliphatic heterocycles. The lowest BCUT2D eigenvalue weighted by molar-refractivity contribution is -0.384. The number of non-ortho nitro benzene ring substituents is 1. The molecule has 0 N–H and O–H groups in total. The lowest BCUT2D eigenvalue weighted by Crippen LogP contribution is -2.18. The van der Waals surface area contributed by atoms with Crippen molar-refractivity contribution in [2.24, 2.45) is 0 Å². The second kappa shape index (κ2) is 6.41. The Hall–Kier alpha value is -2.65. The molecule has 0 saturated carbocycles. The van der Waals surface area contributed by atoms with E-state index in [2.05, 4.69) is 0 Å². The Kier molecular flexibility index (Phi) is 4.59. The van der Waals surface area contributed by atoms with Gasteiger partial charge in [0, 0.05) is 30.7 Å². The van der Waals surface area contributed by atoms with Crippen LogP contribution in [0.15, 0.2) is 36.4 Å². The fourth-order valence-corrected chi connectivity index (χ4v) is 2.26. The van der Waals surface area contributed by atoms with Crippen molar-refractivity contribution in [3.05, 3.63) is 68.5 Å². The molecule has 0 amide bonds. The van der Waals surface area contributed by atoms with E-state index in [1.165, 1.54) is 30.3 Å². The summed E-state index contributed by atoms with van der Waals surface area (Å²) in [5.74, 6) is -0.614. The molecule has 2 rings (SSSR count). The Balaban J connectivity index is 2.36. The number of nitrogens with zero attached hydrogens (tertiary/aromatic N) is 3. The van der Waals surface area contributed by atoms with E-state index in [4.69, 9.17) is 16.9 Å². The van der Waals surface area contributed by atoms with Crippen LogP contribution in [0.5, 0.6) is 0 Å². The zero-order valence-electron chi connectivity index (χ0n) is 11.6. The molecular weight excluding hydrogens is 309 g/mol. The largest absolute Gasteiger partial charge is 0.369 e. The van der Waals surface area contributed by atoms with Gasteiger partial charge in [0.05, 0.1) is 10.6 Å². The maximum absolute atomic E-state index is 13.6. The van der Waals surface area contributed by atoms with Crippen LogP contribution in [-0.2, 0) is 6.54 Å². The van der Waals surface area contributed by atoms with Crippen LogP contribution in [0.25, 0.3) is 0 Å². The summed E-state index contributed by atoms with van der Waals surface area (Å²) in [5.41, 5.74) is 0.760. The molecule has 0 radical (unpaired) electrons. The molecule has 0 bridgehead atoms. The molecule has 5 nitrogen and oxygen atoms in total. The van der Waals surface area contributed by atoms with Crippen molar-refractivity contribution >= 4 is 23.0 Å². The third-order valence-electron chi connectivity index (χ3n) is 3.16. The molecule has 0 saturated heterocycles. The van der Waals surface area contributed by atoms with E-state index in [0.717, 1.165) is 0 Å². The van der Waals surface area contributed by atoms with Crippen LogP contribution in [0.3, 0.4) is 0 Å². The number of nitro groups is 1. The summed E-state index contributed by atoms with van der Waals surface area (Å²) in [6.07, 6.45) is 0. The quantitative estimate of drug-likeness (QED) is 0.633. The summed E-state index contributed by atoms with van der Waals surface area (Å²) in [5, 5.41) is 20.2. The second-order valence-electron chi connectivity index (χ2n) is 4.63. The van der Waals surface area contributed by atoms with E-state index < -0.39 is 10.7 Å². The average molecular weight is 320 g/mol. The van der Waals surface area contributed by atoms with Gasteiger partial charge in [-0.1, -0.05) is 17.7 Å². The third kappa shape index (κ3) is 3.15. The minimum atomic E-state index is -0.614. The minimum Gasteiger partial charge on any atom is -0.369 e. The van der Waals surface area contributed by atoms with E-state index in [0.29, 0.717) is 16.3 Å². The van der Waals surface area contributed by atoms with E-state index in [1.807, 2.05) is 6.07 Å². The number of hydrogen-bond acceptors (Lipinski definition) is 4. The molecule has 0 aliphatic carbocycles. The summed E-state index contributed by atoms with van der Waals surface area (Å²) in [7, 11) is 1.66. The van der Waals surface area contributed by atoms with Gasteiger partial charge in [0.15, 0.2) is 0 Å². The van der Waals surface area contributed by atoms with Crippen LogP contribution < -0.4 is 4.90 Å². The van der Waals surface area contributed by atoms with Gasteiger partial charge in [0.25, 0.3) is 5.69 Å². The maximum Gasteiger partial charge on any atom is 0.269 e. The van der Waals surface area contributed by atoms with Gasteiger partial charge in [0.2, 0.25) is 0 Å². The van der Waals surface area contributed by atoms with Gasteiger partial charge in [-0.2, -0.15) is 5.26 Å².